The second-order valence-electron chi connectivity index (χ2n) is 7.78. The summed E-state index contributed by atoms with van der Waals surface area (Å²) in [4.78, 5) is 27.5. The largest absolute Gasteiger partial charge is 0.507 e. The fourth-order valence-electron chi connectivity index (χ4n) is 3.80. The van der Waals surface area contributed by atoms with Crippen LogP contribution in [0.3, 0.4) is 0 Å². The van der Waals surface area contributed by atoms with Crippen LogP contribution in [0.15, 0.2) is 81.4 Å². The molecule has 1 fully saturated rings. The lowest BCUT2D eigenvalue weighted by Gasteiger charge is -2.24. The van der Waals surface area contributed by atoms with Crippen molar-refractivity contribution in [2.24, 2.45) is 0 Å². The number of ether oxygens (including phenoxy) is 1. The van der Waals surface area contributed by atoms with Crippen molar-refractivity contribution in [3.05, 3.63) is 93.9 Å². The summed E-state index contributed by atoms with van der Waals surface area (Å²) in [5.41, 5.74) is 1.20. The van der Waals surface area contributed by atoms with Crippen molar-refractivity contribution in [2.75, 3.05) is 6.61 Å². The Hall–Kier alpha value is -3.32. The predicted molar refractivity (Wildman–Crippen MR) is 128 cm³/mol. The highest BCUT2D eigenvalue weighted by atomic mass is 79.9. The maximum absolute atomic E-state index is 13.1. The van der Waals surface area contributed by atoms with E-state index < -0.39 is 17.7 Å². The Morgan fingerprint density at radius 2 is 1.82 bits per heavy atom. The van der Waals surface area contributed by atoms with Gasteiger partial charge >= 0.3 is 0 Å². The first-order valence-electron chi connectivity index (χ1n) is 10.8. The molecule has 0 saturated carbocycles. The van der Waals surface area contributed by atoms with Gasteiger partial charge in [-0.25, -0.2) is 0 Å². The van der Waals surface area contributed by atoms with Crippen LogP contribution in [0.5, 0.6) is 5.75 Å². The maximum Gasteiger partial charge on any atom is 0.296 e. The molecule has 170 valence electrons. The van der Waals surface area contributed by atoms with Gasteiger partial charge in [-0.15, -0.1) is 0 Å². The number of furan rings is 1. The number of rotatable bonds is 8. The fraction of sp³-hybridized carbons (Fsp3) is 0.231. The molecule has 0 spiro atoms. The highest BCUT2D eigenvalue weighted by molar-refractivity contribution is 9.10. The van der Waals surface area contributed by atoms with Crippen LogP contribution < -0.4 is 4.74 Å². The molecule has 4 rings (SSSR count). The van der Waals surface area contributed by atoms with Crippen LogP contribution in [-0.4, -0.2) is 28.3 Å². The molecule has 0 radical (unpaired) electrons. The van der Waals surface area contributed by atoms with E-state index in [1.807, 2.05) is 24.3 Å². The Morgan fingerprint density at radius 1 is 1.09 bits per heavy atom. The molecule has 3 aromatic rings. The summed E-state index contributed by atoms with van der Waals surface area (Å²) in [6, 6.07) is 16.9. The Kier molecular flexibility index (Phi) is 6.99. The monoisotopic (exact) mass is 509 g/mol. The molecule has 33 heavy (non-hydrogen) atoms. The van der Waals surface area contributed by atoms with Crippen molar-refractivity contribution < 1.29 is 23.8 Å². The van der Waals surface area contributed by atoms with Crippen LogP contribution in [-0.2, 0) is 16.1 Å². The number of hydrogen-bond donors (Lipinski definition) is 1. The Morgan fingerprint density at radius 3 is 2.45 bits per heavy atom. The molecule has 0 aliphatic carbocycles. The van der Waals surface area contributed by atoms with Gasteiger partial charge in [-0.05, 0) is 48.4 Å². The van der Waals surface area contributed by atoms with Crippen LogP contribution in [0.25, 0.3) is 5.76 Å². The van der Waals surface area contributed by atoms with E-state index >= 15 is 0 Å². The predicted octanol–water partition coefficient (Wildman–Crippen LogP) is 5.84. The molecule has 1 N–H and O–H groups in total. The van der Waals surface area contributed by atoms with Crippen molar-refractivity contribution in [3.63, 3.8) is 0 Å². The van der Waals surface area contributed by atoms with E-state index in [9.17, 15) is 14.7 Å². The van der Waals surface area contributed by atoms with Crippen LogP contribution in [0.1, 0.15) is 42.7 Å². The molecule has 1 amide bonds. The van der Waals surface area contributed by atoms with Crippen LogP contribution in [0.2, 0.25) is 0 Å². The molecule has 7 heteroatoms. The summed E-state index contributed by atoms with van der Waals surface area (Å²) in [6.45, 7) is 2.82. The number of Topliss-reactive ketones (excluding diaryl/α,β-unsaturated/α-hetero) is 1. The lowest BCUT2D eigenvalue weighted by Crippen LogP contribution is -2.29. The molecule has 2 aromatic carbocycles. The van der Waals surface area contributed by atoms with E-state index in [1.165, 1.54) is 11.2 Å². The zero-order chi connectivity index (χ0) is 23.4. The molecule has 1 unspecified atom stereocenters. The van der Waals surface area contributed by atoms with Crippen LogP contribution in [0, 0.1) is 0 Å². The summed E-state index contributed by atoms with van der Waals surface area (Å²) in [5.74, 6) is -0.363. The van der Waals surface area contributed by atoms with Gasteiger partial charge in [0, 0.05) is 10.0 Å². The third-order valence-corrected chi connectivity index (χ3v) is 6.06. The zero-order valence-corrected chi connectivity index (χ0v) is 19.7. The lowest BCUT2D eigenvalue weighted by molar-refractivity contribution is -0.140. The van der Waals surface area contributed by atoms with Crippen molar-refractivity contribution >= 4 is 33.4 Å². The quantitative estimate of drug-likeness (QED) is 0.178. The number of nitrogens with zero attached hydrogens (tertiary/aromatic N) is 1. The van der Waals surface area contributed by atoms with E-state index in [0.29, 0.717) is 29.2 Å². The molecule has 2 heterocycles. The molecule has 0 bridgehead atoms. The highest BCUT2D eigenvalue weighted by Gasteiger charge is 2.46. The number of aliphatic hydroxyl groups is 1. The summed E-state index contributed by atoms with van der Waals surface area (Å²) < 4.78 is 12.0. The zero-order valence-electron chi connectivity index (χ0n) is 18.2. The molecule has 1 aromatic heterocycles. The number of aliphatic hydroxyl groups excluding tert-OH is 1. The summed E-state index contributed by atoms with van der Waals surface area (Å²) >= 11 is 3.37. The van der Waals surface area contributed by atoms with Gasteiger partial charge in [-0.1, -0.05) is 53.5 Å². The average Bonchev–Trinajstić information content (AvgIpc) is 3.42. The van der Waals surface area contributed by atoms with Gasteiger partial charge in [0.25, 0.3) is 11.7 Å². The standard InChI is InChI=1S/C26H24BrNO5/c1-2-3-14-32-20-12-8-17(9-13-20)23-22(24(29)18-6-10-19(27)11-7-18)25(30)26(31)28(23)16-21-5-4-15-33-21/h4-13,15,23,29H,2-3,14,16H2,1H3/b24-22+. The molecule has 1 saturated heterocycles. The topological polar surface area (TPSA) is 80.0 Å². The Labute approximate surface area is 200 Å². The van der Waals surface area contributed by atoms with E-state index in [0.717, 1.165) is 17.3 Å². The number of hydrogen-bond acceptors (Lipinski definition) is 5. The number of unbranched alkanes of at least 4 members (excludes halogenated alkanes) is 1. The number of ketones is 1. The van der Waals surface area contributed by atoms with Gasteiger partial charge in [-0.3, -0.25) is 9.59 Å². The SMILES string of the molecule is CCCCOc1ccc(C2/C(=C(\O)c3ccc(Br)cc3)C(=O)C(=O)N2Cc2ccco2)cc1. The summed E-state index contributed by atoms with van der Waals surface area (Å²) in [5, 5.41) is 11.1. The second kappa shape index (κ2) is 10.1. The number of carbonyl (C=O) groups excluding carboxylic acids is 2. The first kappa shape index (κ1) is 22.9. The molecular weight excluding hydrogens is 486 g/mol. The number of likely N-dealkylation sites (tertiary alicyclic amines) is 1. The minimum absolute atomic E-state index is 0.0496. The first-order valence-corrected chi connectivity index (χ1v) is 11.6. The molecular formula is C26H24BrNO5. The van der Waals surface area contributed by atoms with E-state index in [1.54, 1.807) is 36.4 Å². The van der Waals surface area contributed by atoms with Crippen molar-refractivity contribution in [2.45, 2.75) is 32.4 Å². The molecule has 1 atom stereocenters. The fourth-order valence-corrected chi connectivity index (χ4v) is 4.07. The maximum atomic E-state index is 13.1. The van der Waals surface area contributed by atoms with E-state index in [-0.39, 0.29) is 17.9 Å². The number of carbonyl (C=O) groups is 2. The van der Waals surface area contributed by atoms with Crippen LogP contribution in [0.4, 0.5) is 0 Å². The smallest absolute Gasteiger partial charge is 0.296 e. The molecule has 1 aliphatic rings. The average molecular weight is 510 g/mol. The van der Waals surface area contributed by atoms with Crippen molar-refractivity contribution in [3.8, 4) is 5.75 Å². The summed E-state index contributed by atoms with van der Waals surface area (Å²) in [7, 11) is 0. The third-order valence-electron chi connectivity index (χ3n) is 5.53. The number of halogens is 1. The Balaban J connectivity index is 1.75. The molecule has 1 aliphatic heterocycles. The van der Waals surface area contributed by atoms with Crippen molar-refractivity contribution in [1.82, 2.24) is 4.90 Å². The minimum Gasteiger partial charge on any atom is -0.507 e. The minimum atomic E-state index is -0.761. The molecule has 6 nitrogen and oxygen atoms in total. The van der Waals surface area contributed by atoms with Gasteiger partial charge in [-0.2, -0.15) is 0 Å². The first-order chi connectivity index (χ1) is 16.0. The van der Waals surface area contributed by atoms with Gasteiger partial charge in [0.1, 0.15) is 17.3 Å². The summed E-state index contributed by atoms with van der Waals surface area (Å²) in [6.07, 6.45) is 3.51. The van der Waals surface area contributed by atoms with Gasteiger partial charge in [0.15, 0.2) is 0 Å². The Bertz CT molecular complexity index is 1150. The van der Waals surface area contributed by atoms with Crippen LogP contribution >= 0.6 is 15.9 Å². The van der Waals surface area contributed by atoms with Gasteiger partial charge < -0.3 is 19.2 Å². The second-order valence-corrected chi connectivity index (χ2v) is 8.70. The highest BCUT2D eigenvalue weighted by Crippen LogP contribution is 2.40. The number of amides is 1. The van der Waals surface area contributed by atoms with Crippen molar-refractivity contribution in [1.29, 1.82) is 0 Å². The van der Waals surface area contributed by atoms with Gasteiger partial charge in [0.05, 0.1) is 31.0 Å². The lowest BCUT2D eigenvalue weighted by atomic mass is 9.95. The van der Waals surface area contributed by atoms with E-state index in [2.05, 4.69) is 22.9 Å². The normalized spacial score (nSPS) is 17.5. The van der Waals surface area contributed by atoms with E-state index in [4.69, 9.17) is 9.15 Å². The van der Waals surface area contributed by atoms with Gasteiger partial charge in [0.2, 0.25) is 0 Å². The number of benzene rings is 2. The third kappa shape index (κ3) is 4.88.